The Kier molecular flexibility index (Phi) is 6.09. The average Bonchev–Trinajstić information content (AvgIpc) is 3.09. The summed E-state index contributed by atoms with van der Waals surface area (Å²) in [7, 11) is 0. The van der Waals surface area contributed by atoms with E-state index in [4.69, 9.17) is 0 Å². The topological polar surface area (TPSA) is 41.4 Å². The Morgan fingerprint density at radius 2 is 1.59 bits per heavy atom. The molecule has 0 spiro atoms. The highest BCUT2D eigenvalue weighted by molar-refractivity contribution is 5.80. The maximum Gasteiger partial charge on any atom is 0.244 e. The van der Waals surface area contributed by atoms with Crippen molar-refractivity contribution in [2.45, 2.75) is 46.6 Å². The molecule has 0 atom stereocenters. The molecule has 0 bridgehead atoms. The van der Waals surface area contributed by atoms with Gasteiger partial charge in [-0.15, -0.1) is 0 Å². The molecule has 5 heteroatoms. The number of para-hydroxylation sites is 1. The monoisotopic (exact) mass is 430 g/mol. The van der Waals surface area contributed by atoms with Gasteiger partial charge in [0.05, 0.1) is 5.69 Å². The molecule has 1 amide bonds. The summed E-state index contributed by atoms with van der Waals surface area (Å²) in [5.41, 5.74) is 7.18. The summed E-state index contributed by atoms with van der Waals surface area (Å²) in [5.74, 6) is 0.141. The molecule has 168 valence electrons. The normalized spacial score (nSPS) is 14.7. The molecule has 4 rings (SSSR count). The highest BCUT2D eigenvalue weighted by Crippen LogP contribution is 2.33. The van der Waals surface area contributed by atoms with Crippen molar-refractivity contribution in [1.82, 2.24) is 14.7 Å². The van der Waals surface area contributed by atoms with E-state index in [0.717, 1.165) is 37.6 Å². The van der Waals surface area contributed by atoms with Crippen LogP contribution in [0.5, 0.6) is 0 Å². The molecule has 2 heterocycles. The van der Waals surface area contributed by atoms with Crippen LogP contribution in [0.3, 0.4) is 0 Å². The van der Waals surface area contributed by atoms with Gasteiger partial charge in [-0.1, -0.05) is 63.2 Å². The van der Waals surface area contributed by atoms with Crippen molar-refractivity contribution in [3.8, 4) is 11.1 Å². The van der Waals surface area contributed by atoms with E-state index >= 15 is 0 Å². The van der Waals surface area contributed by atoms with Gasteiger partial charge in [-0.25, -0.2) is 0 Å². The van der Waals surface area contributed by atoms with Gasteiger partial charge in [0.2, 0.25) is 5.91 Å². The van der Waals surface area contributed by atoms with Crippen LogP contribution in [0, 0.1) is 13.8 Å². The number of amides is 1. The zero-order valence-corrected chi connectivity index (χ0v) is 19.9. The van der Waals surface area contributed by atoms with Crippen LogP contribution in [-0.2, 0) is 16.8 Å². The number of hydrogen-bond acceptors (Lipinski definition) is 3. The minimum Gasteiger partial charge on any atom is -0.367 e. The maximum atomic E-state index is 12.8. The van der Waals surface area contributed by atoms with Crippen LogP contribution >= 0.6 is 0 Å². The van der Waals surface area contributed by atoms with E-state index in [1.807, 2.05) is 24.8 Å². The van der Waals surface area contributed by atoms with E-state index in [1.54, 1.807) is 4.68 Å². The van der Waals surface area contributed by atoms with Crippen LogP contribution < -0.4 is 4.90 Å². The lowest BCUT2D eigenvalue weighted by Gasteiger charge is -2.37. The van der Waals surface area contributed by atoms with Crippen LogP contribution in [0.25, 0.3) is 11.1 Å². The van der Waals surface area contributed by atoms with Crippen molar-refractivity contribution < 1.29 is 4.79 Å². The minimum absolute atomic E-state index is 0.141. The molecule has 0 radical (unpaired) electrons. The van der Waals surface area contributed by atoms with Crippen molar-refractivity contribution in [3.63, 3.8) is 0 Å². The second kappa shape index (κ2) is 8.81. The molecule has 3 aromatic rings. The van der Waals surface area contributed by atoms with Crippen LogP contribution in [0.2, 0.25) is 0 Å². The smallest absolute Gasteiger partial charge is 0.244 e. The zero-order chi connectivity index (χ0) is 22.9. The number of anilines is 1. The third-order valence-electron chi connectivity index (χ3n) is 6.33. The molecule has 0 saturated carbocycles. The molecule has 1 aliphatic heterocycles. The first-order valence-corrected chi connectivity index (χ1v) is 11.5. The minimum atomic E-state index is 0.141. The lowest BCUT2D eigenvalue weighted by atomic mass is 9.86. The molecule has 32 heavy (non-hydrogen) atoms. The maximum absolute atomic E-state index is 12.8. The number of aryl methyl sites for hydroxylation is 2. The molecule has 2 aromatic carbocycles. The van der Waals surface area contributed by atoms with Crippen LogP contribution in [0.1, 0.15) is 37.7 Å². The third-order valence-corrected chi connectivity index (χ3v) is 6.33. The summed E-state index contributed by atoms with van der Waals surface area (Å²) in [5, 5.41) is 4.43. The van der Waals surface area contributed by atoms with Crippen LogP contribution in [-0.4, -0.2) is 46.8 Å². The Labute approximate surface area is 191 Å². The van der Waals surface area contributed by atoms with E-state index in [2.05, 4.69) is 79.3 Å². The summed E-state index contributed by atoms with van der Waals surface area (Å²) < 4.78 is 1.81. The molecule has 0 unspecified atom stereocenters. The first-order chi connectivity index (χ1) is 15.2. The highest BCUT2D eigenvalue weighted by atomic mass is 16.2. The number of piperazine rings is 1. The molecule has 0 N–H and O–H groups in total. The lowest BCUT2D eigenvalue weighted by Crippen LogP contribution is -2.49. The number of carbonyl (C=O) groups excluding carboxylic acids is 1. The van der Waals surface area contributed by atoms with Gasteiger partial charge in [0.25, 0.3) is 0 Å². The van der Waals surface area contributed by atoms with Crippen molar-refractivity contribution in [3.05, 3.63) is 71.5 Å². The fourth-order valence-corrected chi connectivity index (χ4v) is 4.40. The second-order valence-electron chi connectivity index (χ2n) is 9.80. The molecule has 1 saturated heterocycles. The first-order valence-electron chi connectivity index (χ1n) is 11.5. The fourth-order valence-electron chi connectivity index (χ4n) is 4.40. The lowest BCUT2D eigenvalue weighted by molar-refractivity contribution is -0.132. The standard InChI is InChI=1S/C27H34N4O/c1-20-18-21(2)31(28-20)19-26(32)30-16-14-29(15-17-30)25-9-7-6-8-24(25)22-10-12-23(13-11-22)27(3,4)5/h6-13,18H,14-17,19H2,1-5H3. The quantitative estimate of drug-likeness (QED) is 0.596. The Hall–Kier alpha value is -3.08. The zero-order valence-electron chi connectivity index (χ0n) is 19.9. The van der Waals surface area contributed by atoms with Gasteiger partial charge in [-0.05, 0) is 42.5 Å². The predicted octanol–water partition coefficient (Wildman–Crippen LogP) is 4.81. The van der Waals surface area contributed by atoms with E-state index in [-0.39, 0.29) is 11.3 Å². The molecule has 1 aromatic heterocycles. The Bertz CT molecular complexity index is 1080. The van der Waals surface area contributed by atoms with Gasteiger partial charge < -0.3 is 9.80 Å². The summed E-state index contributed by atoms with van der Waals surface area (Å²) in [6.45, 7) is 14.1. The SMILES string of the molecule is Cc1cc(C)n(CC(=O)N2CCN(c3ccccc3-c3ccc(C(C)(C)C)cc3)CC2)n1. The van der Waals surface area contributed by atoms with Gasteiger partial charge >= 0.3 is 0 Å². The van der Waals surface area contributed by atoms with Crippen molar-refractivity contribution >= 4 is 11.6 Å². The molecule has 5 nitrogen and oxygen atoms in total. The van der Waals surface area contributed by atoms with E-state index < -0.39 is 0 Å². The predicted molar refractivity (Wildman–Crippen MR) is 131 cm³/mol. The Morgan fingerprint density at radius 1 is 0.938 bits per heavy atom. The number of benzene rings is 2. The fraction of sp³-hybridized carbons (Fsp3) is 0.407. The molecular formula is C27H34N4O. The molecule has 1 aliphatic rings. The van der Waals surface area contributed by atoms with Gasteiger partial charge in [-0.2, -0.15) is 5.10 Å². The average molecular weight is 431 g/mol. The summed E-state index contributed by atoms with van der Waals surface area (Å²) in [6.07, 6.45) is 0. The highest BCUT2D eigenvalue weighted by Gasteiger charge is 2.23. The molecular weight excluding hydrogens is 396 g/mol. The number of aromatic nitrogens is 2. The molecule has 1 fully saturated rings. The molecule has 0 aliphatic carbocycles. The number of nitrogens with zero attached hydrogens (tertiary/aromatic N) is 4. The Balaban J connectivity index is 1.45. The summed E-state index contributed by atoms with van der Waals surface area (Å²) in [4.78, 5) is 17.2. The van der Waals surface area contributed by atoms with Crippen molar-refractivity contribution in [2.24, 2.45) is 0 Å². The van der Waals surface area contributed by atoms with E-state index in [0.29, 0.717) is 6.54 Å². The summed E-state index contributed by atoms with van der Waals surface area (Å²) in [6, 6.07) is 19.5. The largest absolute Gasteiger partial charge is 0.367 e. The Morgan fingerprint density at radius 3 is 2.19 bits per heavy atom. The van der Waals surface area contributed by atoms with Gasteiger partial charge in [0, 0.05) is 43.1 Å². The number of rotatable bonds is 4. The van der Waals surface area contributed by atoms with Gasteiger partial charge in [0.1, 0.15) is 6.54 Å². The second-order valence-corrected chi connectivity index (χ2v) is 9.80. The third kappa shape index (κ3) is 4.72. The first kappa shape index (κ1) is 22.1. The van der Waals surface area contributed by atoms with E-state index in [9.17, 15) is 4.79 Å². The van der Waals surface area contributed by atoms with Gasteiger partial charge in [-0.3, -0.25) is 9.48 Å². The number of carbonyl (C=O) groups is 1. The van der Waals surface area contributed by atoms with E-state index in [1.165, 1.54) is 22.4 Å². The summed E-state index contributed by atoms with van der Waals surface area (Å²) >= 11 is 0. The van der Waals surface area contributed by atoms with Crippen LogP contribution in [0.15, 0.2) is 54.6 Å². The van der Waals surface area contributed by atoms with Crippen LogP contribution in [0.4, 0.5) is 5.69 Å². The van der Waals surface area contributed by atoms with Crippen molar-refractivity contribution in [2.75, 3.05) is 31.1 Å². The number of hydrogen-bond donors (Lipinski definition) is 0. The van der Waals surface area contributed by atoms with Crippen molar-refractivity contribution in [1.29, 1.82) is 0 Å². The van der Waals surface area contributed by atoms with Gasteiger partial charge in [0.15, 0.2) is 0 Å².